The Balaban J connectivity index is 1.55. The number of benzene rings is 5. The number of para-hydroxylation sites is 1. The van der Waals surface area contributed by atoms with Gasteiger partial charge in [0.1, 0.15) is 5.71 Å². The first-order chi connectivity index (χ1) is 20.7. The molecule has 0 unspecified atom stereocenters. The maximum Gasteiger partial charge on any atom is 0.235 e. The lowest BCUT2D eigenvalue weighted by molar-refractivity contribution is 0.320. The van der Waals surface area contributed by atoms with E-state index in [4.69, 9.17) is 9.97 Å². The van der Waals surface area contributed by atoms with Crippen molar-refractivity contribution in [3.8, 4) is 17.2 Å². The van der Waals surface area contributed by atoms with Crippen LogP contribution in [0.5, 0.6) is 0 Å². The second-order valence-corrected chi connectivity index (χ2v) is 10.4. The molecule has 5 heteroatoms. The van der Waals surface area contributed by atoms with Crippen molar-refractivity contribution < 1.29 is 5.21 Å². The summed E-state index contributed by atoms with van der Waals surface area (Å²) in [4.78, 5) is 10.3. The molecular formula is C37H24N4O. The molecule has 198 valence electrons. The highest BCUT2D eigenvalue weighted by atomic mass is 16.4. The smallest absolute Gasteiger partial charge is 0.235 e. The van der Waals surface area contributed by atoms with E-state index >= 15 is 0 Å². The predicted molar refractivity (Wildman–Crippen MR) is 172 cm³/mol. The van der Waals surface area contributed by atoms with Gasteiger partial charge in [-0.05, 0) is 46.2 Å². The molecule has 1 aliphatic rings. The van der Waals surface area contributed by atoms with Crippen LogP contribution in [-0.2, 0) is 0 Å². The van der Waals surface area contributed by atoms with E-state index in [0.29, 0.717) is 11.7 Å². The van der Waals surface area contributed by atoms with Crippen molar-refractivity contribution in [3.63, 3.8) is 0 Å². The summed E-state index contributed by atoms with van der Waals surface area (Å²) in [5.41, 5.74) is 8.56. The second kappa shape index (κ2) is 9.11. The van der Waals surface area contributed by atoms with E-state index in [1.807, 2.05) is 36.4 Å². The van der Waals surface area contributed by atoms with E-state index in [-0.39, 0.29) is 0 Å². The van der Waals surface area contributed by atoms with Crippen molar-refractivity contribution in [2.45, 2.75) is 0 Å². The fourth-order valence-electron chi connectivity index (χ4n) is 6.40. The van der Waals surface area contributed by atoms with Crippen LogP contribution in [0.4, 0.5) is 0 Å². The van der Waals surface area contributed by atoms with Crippen LogP contribution in [0, 0.1) is 0 Å². The van der Waals surface area contributed by atoms with Crippen molar-refractivity contribution in [1.29, 1.82) is 0 Å². The van der Waals surface area contributed by atoms with Gasteiger partial charge in [-0.1, -0.05) is 109 Å². The number of hydrogen-bond donors (Lipinski definition) is 1. The molecule has 2 heterocycles. The zero-order chi connectivity index (χ0) is 28.4. The van der Waals surface area contributed by atoms with Gasteiger partial charge in [0, 0.05) is 32.9 Å². The molecule has 0 radical (unpaired) electrons. The predicted octanol–water partition coefficient (Wildman–Crippen LogP) is 8.86. The third kappa shape index (κ3) is 3.28. The normalized spacial score (nSPS) is 14.0. The zero-order valence-corrected chi connectivity index (χ0v) is 22.6. The molecule has 0 aliphatic heterocycles. The van der Waals surface area contributed by atoms with Crippen LogP contribution < -0.4 is 0 Å². The molecule has 0 saturated carbocycles. The van der Waals surface area contributed by atoms with Gasteiger partial charge < -0.3 is 5.21 Å². The number of nitrogens with zero attached hydrogens (tertiary/aromatic N) is 4. The molecule has 0 amide bonds. The molecule has 0 spiro atoms. The lowest BCUT2D eigenvalue weighted by Crippen LogP contribution is -2.04. The van der Waals surface area contributed by atoms with E-state index in [1.54, 1.807) is 12.2 Å². The molecule has 0 fully saturated rings. The maximum absolute atomic E-state index is 10.1. The average Bonchev–Trinajstić information content (AvgIpc) is 3.54. The number of hydrogen-bond acceptors (Lipinski definition) is 4. The number of rotatable bonds is 4. The Morgan fingerprint density at radius 1 is 0.667 bits per heavy atom. The van der Waals surface area contributed by atoms with Crippen LogP contribution in [0.3, 0.4) is 0 Å². The number of aromatic nitrogens is 3. The molecule has 5 nitrogen and oxygen atoms in total. The van der Waals surface area contributed by atoms with Crippen LogP contribution in [-0.4, -0.2) is 25.5 Å². The van der Waals surface area contributed by atoms with Gasteiger partial charge in [-0.25, -0.2) is 9.97 Å². The Labute approximate surface area is 241 Å². The molecule has 2 aromatic heterocycles. The van der Waals surface area contributed by atoms with Crippen LogP contribution >= 0.6 is 0 Å². The Hall–Kier alpha value is -5.81. The van der Waals surface area contributed by atoms with E-state index in [1.165, 1.54) is 0 Å². The van der Waals surface area contributed by atoms with Gasteiger partial charge >= 0.3 is 0 Å². The molecule has 1 aliphatic carbocycles. The Morgan fingerprint density at radius 2 is 1.40 bits per heavy atom. The maximum atomic E-state index is 10.1. The summed E-state index contributed by atoms with van der Waals surface area (Å²) in [6, 6.07) is 35.3. The highest BCUT2D eigenvalue weighted by Crippen LogP contribution is 2.43. The topological polar surface area (TPSA) is 63.3 Å². The summed E-state index contributed by atoms with van der Waals surface area (Å²) in [5, 5.41) is 19.2. The minimum absolute atomic E-state index is 0.475. The first-order valence-corrected chi connectivity index (χ1v) is 13.8. The van der Waals surface area contributed by atoms with Crippen LogP contribution in [0.1, 0.15) is 11.1 Å². The molecule has 0 bridgehead atoms. The lowest BCUT2D eigenvalue weighted by Gasteiger charge is -2.12. The minimum Gasteiger partial charge on any atom is -0.410 e. The first-order valence-electron chi connectivity index (χ1n) is 13.8. The fraction of sp³-hybridized carbons (Fsp3) is 0. The van der Waals surface area contributed by atoms with E-state index in [9.17, 15) is 5.21 Å². The van der Waals surface area contributed by atoms with Crippen LogP contribution in [0.15, 0.2) is 139 Å². The number of fused-ring (bicyclic) bond motifs is 7. The van der Waals surface area contributed by atoms with Gasteiger partial charge in [-0.3, -0.25) is 4.57 Å². The SMILES string of the molecule is C=CC1=C(C=C)c2cc3c4c5ccccc5ccc4n(-c4nc(-c5ccccc5)c5ccccc5n4)c3cc2/C1=N\O. The molecule has 7 aromatic rings. The highest BCUT2D eigenvalue weighted by Gasteiger charge is 2.28. The Morgan fingerprint density at radius 3 is 2.19 bits per heavy atom. The molecule has 42 heavy (non-hydrogen) atoms. The van der Waals surface area contributed by atoms with Gasteiger partial charge in [0.15, 0.2) is 0 Å². The molecule has 5 aromatic carbocycles. The van der Waals surface area contributed by atoms with Crippen molar-refractivity contribution in [1.82, 2.24) is 14.5 Å². The van der Waals surface area contributed by atoms with Gasteiger partial charge in [-0.15, -0.1) is 0 Å². The lowest BCUT2D eigenvalue weighted by atomic mass is 9.99. The molecular weight excluding hydrogens is 516 g/mol. The summed E-state index contributed by atoms with van der Waals surface area (Å²) >= 11 is 0. The molecule has 8 rings (SSSR count). The Kier molecular flexibility index (Phi) is 5.21. The number of oxime groups is 1. The zero-order valence-electron chi connectivity index (χ0n) is 22.6. The van der Waals surface area contributed by atoms with Gasteiger partial charge in [0.25, 0.3) is 0 Å². The van der Waals surface area contributed by atoms with Gasteiger partial charge in [0.2, 0.25) is 5.95 Å². The van der Waals surface area contributed by atoms with E-state index < -0.39 is 0 Å². The third-order valence-corrected chi connectivity index (χ3v) is 8.23. The quantitative estimate of drug-likeness (QED) is 0.179. The summed E-state index contributed by atoms with van der Waals surface area (Å²) in [7, 11) is 0. The van der Waals surface area contributed by atoms with Gasteiger partial charge in [0.05, 0.1) is 22.2 Å². The second-order valence-electron chi connectivity index (χ2n) is 10.4. The molecule has 0 saturated heterocycles. The van der Waals surface area contributed by atoms with Crippen molar-refractivity contribution in [2.75, 3.05) is 0 Å². The highest BCUT2D eigenvalue weighted by molar-refractivity contribution is 6.29. The summed E-state index contributed by atoms with van der Waals surface area (Å²) in [5.74, 6) is 0.573. The average molecular weight is 541 g/mol. The third-order valence-electron chi connectivity index (χ3n) is 8.23. The van der Waals surface area contributed by atoms with E-state index in [2.05, 4.69) is 89.6 Å². The Bertz CT molecular complexity index is 2340. The minimum atomic E-state index is 0.475. The summed E-state index contributed by atoms with van der Waals surface area (Å²) in [6.45, 7) is 8.03. The summed E-state index contributed by atoms with van der Waals surface area (Å²) < 4.78 is 2.13. The molecule has 0 atom stereocenters. The molecule has 1 N–H and O–H groups in total. The van der Waals surface area contributed by atoms with E-state index in [0.717, 1.165) is 77.0 Å². The van der Waals surface area contributed by atoms with Crippen molar-refractivity contribution in [3.05, 3.63) is 145 Å². The standard InChI is InChI=1S/C37H24N4O/c1-3-24-25(4-2)36(40-42)29-21-33-30(20-28(24)29)34-26-15-9-8-12-22(26)18-19-32(34)41(33)37-38-31-17-11-10-16-27(31)35(39-37)23-13-6-5-7-14-23/h3-21,42H,1-2H2/b40-36-. The van der Waals surface area contributed by atoms with Crippen LogP contribution in [0.25, 0.3) is 66.3 Å². The number of allylic oxidation sites excluding steroid dienone is 4. The van der Waals surface area contributed by atoms with Gasteiger partial charge in [-0.2, -0.15) is 0 Å². The van der Waals surface area contributed by atoms with Crippen molar-refractivity contribution >= 4 is 54.8 Å². The first kappa shape index (κ1) is 24.0. The fourth-order valence-corrected chi connectivity index (χ4v) is 6.40. The van der Waals surface area contributed by atoms with Crippen molar-refractivity contribution in [2.24, 2.45) is 5.16 Å². The summed E-state index contributed by atoms with van der Waals surface area (Å²) in [6.07, 6.45) is 3.52. The van der Waals surface area contributed by atoms with Crippen LogP contribution in [0.2, 0.25) is 0 Å². The monoisotopic (exact) mass is 540 g/mol. The largest absolute Gasteiger partial charge is 0.410 e.